The summed E-state index contributed by atoms with van der Waals surface area (Å²) in [6.45, 7) is 7.04. The number of benzene rings is 1. The number of hydrogen-bond acceptors (Lipinski definition) is 3. The summed E-state index contributed by atoms with van der Waals surface area (Å²) in [7, 11) is 0. The normalized spacial score (nSPS) is 15.7. The Labute approximate surface area is 114 Å². The minimum absolute atomic E-state index is 0.0238. The summed E-state index contributed by atoms with van der Waals surface area (Å²) in [5.74, 6) is 0. The highest BCUT2D eigenvalue weighted by Gasteiger charge is 2.22. The first-order valence-corrected chi connectivity index (χ1v) is 6.73. The highest BCUT2D eigenvalue weighted by Crippen LogP contribution is 2.23. The Kier molecular flexibility index (Phi) is 4.14. The van der Waals surface area contributed by atoms with Crippen LogP contribution in [0.25, 0.3) is 0 Å². The summed E-state index contributed by atoms with van der Waals surface area (Å²) >= 11 is 0. The summed E-state index contributed by atoms with van der Waals surface area (Å²) in [6.07, 6.45) is 0. The predicted molar refractivity (Wildman–Crippen MR) is 78.3 cm³/mol. The molecule has 1 fully saturated rings. The van der Waals surface area contributed by atoms with Crippen LogP contribution in [0.4, 0.5) is 16.2 Å². The van der Waals surface area contributed by atoms with E-state index in [2.05, 4.69) is 10.2 Å². The molecule has 3 N–H and O–H groups in total. The maximum absolute atomic E-state index is 11.9. The number of carbonyl (C=O) groups excluding carboxylic acids is 1. The summed E-state index contributed by atoms with van der Waals surface area (Å²) in [4.78, 5) is 16.0. The largest absolute Gasteiger partial charge is 0.397 e. The Balaban J connectivity index is 1.93. The fourth-order valence-electron chi connectivity index (χ4n) is 2.26. The van der Waals surface area contributed by atoms with Gasteiger partial charge in [-0.3, -0.25) is 0 Å². The van der Waals surface area contributed by atoms with Crippen molar-refractivity contribution in [2.45, 2.75) is 19.9 Å². The summed E-state index contributed by atoms with van der Waals surface area (Å²) in [5.41, 5.74) is 7.83. The van der Waals surface area contributed by atoms with Crippen molar-refractivity contribution in [2.75, 3.05) is 36.8 Å². The minimum atomic E-state index is 0.0238. The van der Waals surface area contributed by atoms with Crippen molar-refractivity contribution in [3.8, 4) is 0 Å². The van der Waals surface area contributed by atoms with E-state index in [0.29, 0.717) is 0 Å². The lowest BCUT2D eigenvalue weighted by molar-refractivity contribution is 0.192. The number of amides is 2. The molecule has 0 aliphatic carbocycles. The fourth-order valence-corrected chi connectivity index (χ4v) is 2.26. The third-order valence-corrected chi connectivity index (χ3v) is 3.26. The summed E-state index contributed by atoms with van der Waals surface area (Å²) in [5, 5.41) is 2.92. The maximum atomic E-state index is 11.9. The highest BCUT2D eigenvalue weighted by molar-refractivity contribution is 5.75. The van der Waals surface area contributed by atoms with Crippen molar-refractivity contribution in [1.29, 1.82) is 0 Å². The lowest BCUT2D eigenvalue weighted by Gasteiger charge is -2.36. The molecule has 0 bridgehead atoms. The summed E-state index contributed by atoms with van der Waals surface area (Å²) < 4.78 is 0. The van der Waals surface area contributed by atoms with E-state index in [-0.39, 0.29) is 12.1 Å². The van der Waals surface area contributed by atoms with Crippen LogP contribution in [-0.2, 0) is 0 Å². The van der Waals surface area contributed by atoms with Gasteiger partial charge in [0.25, 0.3) is 0 Å². The van der Waals surface area contributed by atoms with E-state index in [1.807, 2.05) is 43.0 Å². The fraction of sp³-hybridized carbons (Fsp3) is 0.500. The average Bonchev–Trinajstić information content (AvgIpc) is 2.39. The summed E-state index contributed by atoms with van der Waals surface area (Å²) in [6, 6.07) is 8.06. The zero-order valence-electron chi connectivity index (χ0n) is 11.6. The lowest BCUT2D eigenvalue weighted by atomic mass is 10.2. The van der Waals surface area contributed by atoms with Crippen molar-refractivity contribution in [3.05, 3.63) is 24.3 Å². The van der Waals surface area contributed by atoms with Crippen molar-refractivity contribution in [2.24, 2.45) is 0 Å². The average molecular weight is 262 g/mol. The Morgan fingerprint density at radius 1 is 1.21 bits per heavy atom. The van der Waals surface area contributed by atoms with E-state index in [4.69, 9.17) is 5.73 Å². The molecule has 1 aliphatic rings. The molecule has 104 valence electrons. The maximum Gasteiger partial charge on any atom is 0.317 e. The number of carbonyl (C=O) groups is 1. The van der Waals surface area contributed by atoms with Gasteiger partial charge in [0.15, 0.2) is 0 Å². The first-order valence-electron chi connectivity index (χ1n) is 6.73. The van der Waals surface area contributed by atoms with Crippen molar-refractivity contribution < 1.29 is 4.79 Å². The van der Waals surface area contributed by atoms with Gasteiger partial charge in [-0.1, -0.05) is 12.1 Å². The number of nitrogens with zero attached hydrogens (tertiary/aromatic N) is 2. The standard InChI is InChI=1S/C14H22N4O/c1-11(2)16-14(19)18-9-7-17(8-10-18)13-6-4-3-5-12(13)15/h3-6,11H,7-10,15H2,1-2H3,(H,16,19). The third-order valence-electron chi connectivity index (χ3n) is 3.26. The number of hydrogen-bond donors (Lipinski definition) is 2. The number of urea groups is 1. The zero-order valence-corrected chi connectivity index (χ0v) is 11.6. The highest BCUT2D eigenvalue weighted by atomic mass is 16.2. The van der Waals surface area contributed by atoms with E-state index in [1.165, 1.54) is 0 Å². The number of nitrogens with one attached hydrogen (secondary N) is 1. The number of anilines is 2. The van der Waals surface area contributed by atoms with Crippen molar-refractivity contribution >= 4 is 17.4 Å². The van der Waals surface area contributed by atoms with E-state index in [9.17, 15) is 4.79 Å². The molecule has 0 atom stereocenters. The van der Waals surface area contributed by atoms with Gasteiger partial charge in [-0.05, 0) is 26.0 Å². The molecule has 1 aliphatic heterocycles. The van der Waals surface area contributed by atoms with Gasteiger partial charge in [-0.25, -0.2) is 4.79 Å². The third kappa shape index (κ3) is 3.30. The van der Waals surface area contributed by atoms with Crippen LogP contribution in [0, 0.1) is 0 Å². The molecule has 5 nitrogen and oxygen atoms in total. The van der Waals surface area contributed by atoms with Crippen LogP contribution in [0.3, 0.4) is 0 Å². The molecule has 2 amide bonds. The van der Waals surface area contributed by atoms with Crippen LogP contribution < -0.4 is 16.0 Å². The Bertz CT molecular complexity index is 439. The number of nitrogens with two attached hydrogens (primary N) is 1. The van der Waals surface area contributed by atoms with E-state index >= 15 is 0 Å². The second kappa shape index (κ2) is 5.82. The minimum Gasteiger partial charge on any atom is -0.397 e. The van der Waals surface area contributed by atoms with E-state index in [0.717, 1.165) is 37.6 Å². The van der Waals surface area contributed by atoms with Gasteiger partial charge >= 0.3 is 6.03 Å². The zero-order chi connectivity index (χ0) is 13.8. The Morgan fingerprint density at radius 3 is 2.42 bits per heavy atom. The van der Waals surface area contributed by atoms with Gasteiger partial charge in [0.05, 0.1) is 11.4 Å². The number of para-hydroxylation sites is 2. The van der Waals surface area contributed by atoms with Crippen molar-refractivity contribution in [1.82, 2.24) is 10.2 Å². The first kappa shape index (κ1) is 13.5. The molecule has 1 aromatic rings. The molecule has 1 aromatic carbocycles. The number of piperazine rings is 1. The Hall–Kier alpha value is -1.91. The van der Waals surface area contributed by atoms with Gasteiger partial charge in [-0.2, -0.15) is 0 Å². The van der Waals surface area contributed by atoms with Crippen molar-refractivity contribution in [3.63, 3.8) is 0 Å². The van der Waals surface area contributed by atoms with Crippen LogP contribution in [0.5, 0.6) is 0 Å². The molecule has 0 unspecified atom stereocenters. The molecule has 0 saturated carbocycles. The molecule has 2 rings (SSSR count). The second-order valence-electron chi connectivity index (χ2n) is 5.14. The van der Waals surface area contributed by atoms with Gasteiger partial charge in [0.2, 0.25) is 0 Å². The van der Waals surface area contributed by atoms with Gasteiger partial charge in [0.1, 0.15) is 0 Å². The molecule has 0 spiro atoms. The van der Waals surface area contributed by atoms with E-state index in [1.54, 1.807) is 0 Å². The molecule has 1 heterocycles. The molecule has 19 heavy (non-hydrogen) atoms. The molecule has 0 aromatic heterocycles. The topological polar surface area (TPSA) is 61.6 Å². The van der Waals surface area contributed by atoms with Gasteiger partial charge in [-0.15, -0.1) is 0 Å². The predicted octanol–water partition coefficient (Wildman–Crippen LogP) is 1.51. The quantitative estimate of drug-likeness (QED) is 0.794. The van der Waals surface area contributed by atoms with Crippen LogP contribution in [0.15, 0.2) is 24.3 Å². The van der Waals surface area contributed by atoms with Crippen LogP contribution >= 0.6 is 0 Å². The molecular weight excluding hydrogens is 240 g/mol. The molecular formula is C14H22N4O. The number of rotatable bonds is 2. The molecule has 1 saturated heterocycles. The lowest BCUT2D eigenvalue weighted by Crippen LogP contribution is -2.53. The second-order valence-corrected chi connectivity index (χ2v) is 5.14. The molecule has 0 radical (unpaired) electrons. The van der Waals surface area contributed by atoms with Crippen LogP contribution in [0.2, 0.25) is 0 Å². The van der Waals surface area contributed by atoms with Gasteiger partial charge in [0, 0.05) is 32.2 Å². The number of nitrogen functional groups attached to an aromatic ring is 1. The SMILES string of the molecule is CC(C)NC(=O)N1CCN(c2ccccc2N)CC1. The van der Waals surface area contributed by atoms with Crippen LogP contribution in [0.1, 0.15) is 13.8 Å². The Morgan fingerprint density at radius 2 is 1.84 bits per heavy atom. The molecule has 5 heteroatoms. The van der Waals surface area contributed by atoms with Gasteiger partial charge < -0.3 is 20.9 Å². The van der Waals surface area contributed by atoms with E-state index < -0.39 is 0 Å². The first-order chi connectivity index (χ1) is 9.08. The smallest absolute Gasteiger partial charge is 0.317 e. The monoisotopic (exact) mass is 262 g/mol. The van der Waals surface area contributed by atoms with Crippen LogP contribution in [-0.4, -0.2) is 43.2 Å².